The zero-order chi connectivity index (χ0) is 25.6. The van der Waals surface area contributed by atoms with Gasteiger partial charge in [0.2, 0.25) is 11.8 Å². The maximum atomic E-state index is 13.5. The molecule has 4 heterocycles. The molecule has 2 fully saturated rings. The lowest BCUT2D eigenvalue weighted by Gasteiger charge is -2.39. The number of hydrogen-bond donors (Lipinski definition) is 1. The molecule has 3 aliphatic rings. The number of piperidine rings is 1. The van der Waals surface area contributed by atoms with Crippen LogP contribution in [0.15, 0.2) is 48.7 Å². The zero-order valence-corrected chi connectivity index (χ0v) is 21.5. The largest absolute Gasteiger partial charge is 0.493 e. The highest BCUT2D eigenvalue weighted by molar-refractivity contribution is 5.79. The quantitative estimate of drug-likeness (QED) is 0.686. The first-order valence-electron chi connectivity index (χ1n) is 13.6. The predicted octanol–water partition coefficient (Wildman–Crippen LogP) is 2.70. The fourth-order valence-electron chi connectivity index (χ4n) is 5.95. The fourth-order valence-corrected chi connectivity index (χ4v) is 5.95. The number of rotatable bonds is 4. The van der Waals surface area contributed by atoms with Crippen LogP contribution in [0.1, 0.15) is 43.4 Å². The number of ether oxygens (including phenoxy) is 1. The Morgan fingerprint density at radius 1 is 1.03 bits per heavy atom. The number of carbonyl (C=O) groups is 2. The maximum Gasteiger partial charge on any atom is 0.236 e. The number of para-hydroxylation sites is 1. The van der Waals surface area contributed by atoms with Crippen LogP contribution in [0.2, 0.25) is 0 Å². The minimum atomic E-state index is -0.400. The summed E-state index contributed by atoms with van der Waals surface area (Å²) >= 11 is 0. The van der Waals surface area contributed by atoms with Crippen LogP contribution in [-0.2, 0) is 22.7 Å². The number of aliphatic hydroxyl groups excluding tert-OH is 1. The van der Waals surface area contributed by atoms with E-state index < -0.39 is 6.10 Å². The van der Waals surface area contributed by atoms with E-state index in [0.717, 1.165) is 36.3 Å². The molecule has 37 heavy (non-hydrogen) atoms. The fraction of sp³-hybridized carbons (Fsp3) is 0.552. The number of aromatic nitrogens is 1. The van der Waals surface area contributed by atoms with E-state index in [2.05, 4.69) is 16.0 Å². The summed E-state index contributed by atoms with van der Waals surface area (Å²) in [5.41, 5.74) is 2.00. The highest BCUT2D eigenvalue weighted by Crippen LogP contribution is 2.32. The van der Waals surface area contributed by atoms with Crippen molar-refractivity contribution in [1.82, 2.24) is 19.7 Å². The van der Waals surface area contributed by atoms with Gasteiger partial charge >= 0.3 is 0 Å². The number of pyridine rings is 1. The highest BCUT2D eigenvalue weighted by atomic mass is 16.5. The highest BCUT2D eigenvalue weighted by Gasteiger charge is 2.35. The number of nitrogens with zero attached hydrogens (tertiary/aromatic N) is 4. The first-order valence-corrected chi connectivity index (χ1v) is 13.6. The SMILES string of the molecule is O=C(C[C@@H]1CCN2C[C@@H]1CCCOc1ccccc1CN(Cc1ccccn1)CC2=O)N1CC[C@@H](O)C1. The molecule has 3 atom stereocenters. The first kappa shape index (κ1) is 25.7. The van der Waals surface area contributed by atoms with Gasteiger partial charge in [0, 0.05) is 57.4 Å². The Morgan fingerprint density at radius 2 is 1.89 bits per heavy atom. The van der Waals surface area contributed by atoms with Crippen molar-refractivity contribution in [3.63, 3.8) is 0 Å². The van der Waals surface area contributed by atoms with Crippen LogP contribution in [0, 0.1) is 11.8 Å². The number of hydrogen-bond acceptors (Lipinski definition) is 6. The molecule has 2 bridgehead atoms. The molecule has 0 saturated carbocycles. The first-order chi connectivity index (χ1) is 18.0. The van der Waals surface area contributed by atoms with Crippen molar-refractivity contribution in [2.75, 3.05) is 39.3 Å². The minimum Gasteiger partial charge on any atom is -0.493 e. The number of likely N-dealkylation sites (tertiary alicyclic amines) is 1. The molecule has 1 aromatic heterocycles. The number of amides is 2. The van der Waals surface area contributed by atoms with Gasteiger partial charge in [0.15, 0.2) is 0 Å². The second-order valence-electron chi connectivity index (χ2n) is 10.7. The van der Waals surface area contributed by atoms with Gasteiger partial charge in [-0.05, 0) is 55.7 Å². The average molecular weight is 507 g/mol. The monoisotopic (exact) mass is 506 g/mol. The molecule has 2 amide bonds. The average Bonchev–Trinajstić information content (AvgIpc) is 3.35. The van der Waals surface area contributed by atoms with Gasteiger partial charge in [0.25, 0.3) is 0 Å². The maximum absolute atomic E-state index is 13.5. The Hall–Kier alpha value is -2.97. The summed E-state index contributed by atoms with van der Waals surface area (Å²) < 4.78 is 6.23. The van der Waals surface area contributed by atoms with E-state index >= 15 is 0 Å². The Morgan fingerprint density at radius 3 is 2.70 bits per heavy atom. The van der Waals surface area contributed by atoms with Crippen LogP contribution in [-0.4, -0.2) is 82.0 Å². The van der Waals surface area contributed by atoms with Crippen LogP contribution >= 0.6 is 0 Å². The van der Waals surface area contributed by atoms with E-state index in [1.165, 1.54) is 0 Å². The van der Waals surface area contributed by atoms with Gasteiger partial charge < -0.3 is 19.6 Å². The van der Waals surface area contributed by atoms with E-state index in [0.29, 0.717) is 65.3 Å². The van der Waals surface area contributed by atoms with E-state index in [-0.39, 0.29) is 23.7 Å². The summed E-state index contributed by atoms with van der Waals surface area (Å²) in [6, 6.07) is 13.9. The van der Waals surface area contributed by atoms with Crippen molar-refractivity contribution in [3.8, 4) is 5.75 Å². The Kier molecular flexibility index (Phi) is 8.36. The summed E-state index contributed by atoms with van der Waals surface area (Å²) in [7, 11) is 0. The van der Waals surface area contributed by atoms with Crippen LogP contribution in [0.4, 0.5) is 0 Å². The van der Waals surface area contributed by atoms with Gasteiger partial charge in [-0.15, -0.1) is 0 Å². The van der Waals surface area contributed by atoms with Crippen molar-refractivity contribution in [3.05, 3.63) is 59.9 Å². The van der Waals surface area contributed by atoms with Crippen LogP contribution in [0.5, 0.6) is 5.75 Å². The predicted molar refractivity (Wildman–Crippen MR) is 140 cm³/mol. The molecule has 0 spiro atoms. The van der Waals surface area contributed by atoms with E-state index in [1.54, 1.807) is 11.1 Å². The third-order valence-electron chi connectivity index (χ3n) is 8.01. The molecule has 2 aromatic rings. The number of benzene rings is 1. The molecule has 5 rings (SSSR count). The second kappa shape index (κ2) is 12.0. The molecular formula is C29H38N4O4. The van der Waals surface area contributed by atoms with Gasteiger partial charge in [-0.3, -0.25) is 19.5 Å². The Bertz CT molecular complexity index is 1060. The summed E-state index contributed by atoms with van der Waals surface area (Å²) in [5, 5.41) is 9.85. The summed E-state index contributed by atoms with van der Waals surface area (Å²) in [5.74, 6) is 1.64. The van der Waals surface area contributed by atoms with E-state index in [4.69, 9.17) is 4.74 Å². The topological polar surface area (TPSA) is 86.2 Å². The van der Waals surface area contributed by atoms with Gasteiger partial charge in [-0.1, -0.05) is 24.3 Å². The van der Waals surface area contributed by atoms with E-state index in [9.17, 15) is 14.7 Å². The second-order valence-corrected chi connectivity index (χ2v) is 10.7. The molecule has 2 saturated heterocycles. The molecule has 8 nitrogen and oxygen atoms in total. The molecule has 0 unspecified atom stereocenters. The minimum absolute atomic E-state index is 0.131. The summed E-state index contributed by atoms with van der Waals surface area (Å²) in [6.45, 7) is 4.56. The molecule has 1 N–H and O–H groups in total. The Labute approximate surface area is 219 Å². The normalized spacial score (nSPS) is 25.4. The van der Waals surface area contributed by atoms with Gasteiger partial charge in [-0.2, -0.15) is 0 Å². The summed E-state index contributed by atoms with van der Waals surface area (Å²) in [6.07, 6.45) is 5.18. The molecular weight excluding hydrogens is 468 g/mol. The summed E-state index contributed by atoms with van der Waals surface area (Å²) in [4.78, 5) is 36.9. The van der Waals surface area contributed by atoms with Crippen molar-refractivity contribution in [2.45, 2.75) is 51.3 Å². The smallest absolute Gasteiger partial charge is 0.236 e. The van der Waals surface area contributed by atoms with Gasteiger partial charge in [0.1, 0.15) is 5.75 Å². The third kappa shape index (κ3) is 6.67. The molecule has 0 aliphatic carbocycles. The zero-order valence-electron chi connectivity index (χ0n) is 21.5. The van der Waals surface area contributed by atoms with Crippen LogP contribution < -0.4 is 4.74 Å². The van der Waals surface area contributed by atoms with E-state index in [1.807, 2.05) is 41.3 Å². The lowest BCUT2D eigenvalue weighted by Crippen LogP contribution is -2.48. The van der Waals surface area contributed by atoms with Crippen LogP contribution in [0.25, 0.3) is 0 Å². The number of aliphatic hydroxyl groups is 1. The molecule has 8 heteroatoms. The van der Waals surface area contributed by atoms with Crippen molar-refractivity contribution in [1.29, 1.82) is 0 Å². The van der Waals surface area contributed by atoms with Crippen molar-refractivity contribution in [2.24, 2.45) is 11.8 Å². The third-order valence-corrected chi connectivity index (χ3v) is 8.01. The standard InChI is InChI=1S/C29H38N4O4/c34-26-11-14-33(20-26)28(35)16-22-10-13-32-18-23(22)7-5-15-37-27-9-2-1-6-24(27)17-31(21-29(32)36)19-25-8-3-4-12-30-25/h1-4,6,8-9,12,22-23,26,34H,5,7,10-11,13-21H2/t22-,23-,26+/m0/s1. The number of fused-ring (bicyclic) bond motifs is 3. The molecule has 198 valence electrons. The molecule has 0 radical (unpaired) electrons. The van der Waals surface area contributed by atoms with Crippen molar-refractivity contribution >= 4 is 11.8 Å². The van der Waals surface area contributed by atoms with Gasteiger partial charge in [0.05, 0.1) is 24.9 Å². The molecule has 1 aromatic carbocycles. The number of β-amino-alcohol motifs (C(OH)–C–C–N with tert-alkyl or cyclic N) is 1. The Balaban J connectivity index is 1.32. The lowest BCUT2D eigenvalue weighted by molar-refractivity contribution is -0.136. The number of carbonyl (C=O) groups excluding carboxylic acids is 2. The lowest BCUT2D eigenvalue weighted by atomic mass is 9.80. The van der Waals surface area contributed by atoms with Crippen molar-refractivity contribution < 1.29 is 19.4 Å². The van der Waals surface area contributed by atoms with Gasteiger partial charge in [-0.25, -0.2) is 0 Å². The molecule has 3 aliphatic heterocycles. The van der Waals surface area contributed by atoms with Crippen LogP contribution in [0.3, 0.4) is 0 Å².